The maximum atomic E-state index is 12.8. The lowest BCUT2D eigenvalue weighted by Gasteiger charge is -2.22. The Morgan fingerprint density at radius 2 is 1.65 bits per heavy atom. The van der Waals surface area contributed by atoms with Gasteiger partial charge >= 0.3 is 5.91 Å². The van der Waals surface area contributed by atoms with Crippen molar-refractivity contribution in [1.82, 2.24) is 4.98 Å². The highest BCUT2D eigenvalue weighted by molar-refractivity contribution is 7.14. The fourth-order valence-corrected chi connectivity index (χ4v) is 3.73. The van der Waals surface area contributed by atoms with Crippen molar-refractivity contribution >= 4 is 33.9 Å². The topological polar surface area (TPSA) is 70.5 Å². The first-order valence-corrected chi connectivity index (χ1v) is 8.87. The van der Waals surface area contributed by atoms with Gasteiger partial charge in [-0.3, -0.25) is 14.5 Å². The largest absolute Gasteiger partial charge is 0.507 e. The molecule has 0 spiro atoms. The van der Waals surface area contributed by atoms with Crippen LogP contribution in [-0.2, 0) is 9.59 Å². The first-order chi connectivity index (χ1) is 12.7. The molecule has 26 heavy (non-hydrogen) atoms. The van der Waals surface area contributed by atoms with Crippen molar-refractivity contribution in [2.75, 3.05) is 4.90 Å². The number of carbonyl (C=O) groups is 2. The summed E-state index contributed by atoms with van der Waals surface area (Å²) >= 11 is 1.27. The third-order valence-electron chi connectivity index (χ3n) is 4.23. The van der Waals surface area contributed by atoms with Crippen molar-refractivity contribution in [1.29, 1.82) is 0 Å². The molecule has 1 saturated heterocycles. The number of anilines is 1. The molecule has 2 heterocycles. The van der Waals surface area contributed by atoms with Gasteiger partial charge in [0.25, 0.3) is 5.78 Å². The standard InChI is InChI=1S/C20H14N2O3S/c23-17(14-9-5-2-6-10-14)15-16(13-7-3-1-4-8-13)22(19(25)18(15)24)20-21-11-12-26-20/h1-12,16,23H/t16-/m0/s1. The van der Waals surface area contributed by atoms with Gasteiger partial charge in [-0.05, 0) is 5.56 Å². The second kappa shape index (κ2) is 6.57. The van der Waals surface area contributed by atoms with Crippen LogP contribution in [0.1, 0.15) is 17.2 Å². The van der Waals surface area contributed by atoms with E-state index in [2.05, 4.69) is 4.98 Å². The Bertz CT molecular complexity index is 982. The van der Waals surface area contributed by atoms with Crippen molar-refractivity contribution in [2.45, 2.75) is 6.04 Å². The fraction of sp³-hybridized carbons (Fsp3) is 0.0500. The zero-order valence-electron chi connectivity index (χ0n) is 13.6. The van der Waals surface area contributed by atoms with E-state index >= 15 is 0 Å². The van der Waals surface area contributed by atoms with Gasteiger partial charge in [0.05, 0.1) is 11.6 Å². The monoisotopic (exact) mass is 362 g/mol. The molecule has 1 aromatic heterocycles. The summed E-state index contributed by atoms with van der Waals surface area (Å²) in [6, 6.07) is 17.2. The van der Waals surface area contributed by atoms with Gasteiger partial charge in [-0.2, -0.15) is 0 Å². The van der Waals surface area contributed by atoms with Gasteiger partial charge in [0.15, 0.2) is 5.13 Å². The Morgan fingerprint density at radius 3 is 2.27 bits per heavy atom. The molecule has 1 atom stereocenters. The number of nitrogens with zero attached hydrogens (tertiary/aromatic N) is 2. The van der Waals surface area contributed by atoms with Gasteiger partial charge in [0.1, 0.15) is 5.76 Å². The molecule has 2 aromatic carbocycles. The Labute approximate surface area is 153 Å². The van der Waals surface area contributed by atoms with Crippen molar-refractivity contribution in [2.24, 2.45) is 0 Å². The van der Waals surface area contributed by atoms with Crippen LogP contribution in [-0.4, -0.2) is 21.8 Å². The number of Topliss-reactive ketones (excluding diaryl/α,β-unsaturated/α-hetero) is 1. The predicted molar refractivity (Wildman–Crippen MR) is 99.8 cm³/mol. The molecule has 1 aliphatic heterocycles. The van der Waals surface area contributed by atoms with Crippen LogP contribution in [0.5, 0.6) is 0 Å². The summed E-state index contributed by atoms with van der Waals surface area (Å²) < 4.78 is 0. The molecule has 1 N–H and O–H groups in total. The zero-order valence-corrected chi connectivity index (χ0v) is 14.4. The maximum Gasteiger partial charge on any atom is 0.301 e. The molecule has 0 aliphatic carbocycles. The van der Waals surface area contributed by atoms with E-state index in [1.807, 2.05) is 36.4 Å². The van der Waals surface area contributed by atoms with E-state index in [1.165, 1.54) is 16.2 Å². The summed E-state index contributed by atoms with van der Waals surface area (Å²) in [5.74, 6) is -1.58. The van der Waals surface area contributed by atoms with Gasteiger partial charge in [-0.25, -0.2) is 4.98 Å². The molecule has 3 aromatic rings. The van der Waals surface area contributed by atoms with Crippen LogP contribution in [0.2, 0.25) is 0 Å². The van der Waals surface area contributed by atoms with Gasteiger partial charge in [0, 0.05) is 17.1 Å². The summed E-state index contributed by atoms with van der Waals surface area (Å²) in [7, 11) is 0. The molecule has 0 unspecified atom stereocenters. The first-order valence-electron chi connectivity index (χ1n) is 7.99. The van der Waals surface area contributed by atoms with E-state index < -0.39 is 17.7 Å². The number of ketones is 1. The van der Waals surface area contributed by atoms with Crippen molar-refractivity contribution in [3.05, 3.63) is 88.9 Å². The average molecular weight is 362 g/mol. The summed E-state index contributed by atoms with van der Waals surface area (Å²) in [4.78, 5) is 31.1. The van der Waals surface area contributed by atoms with Crippen LogP contribution in [0.15, 0.2) is 77.8 Å². The Kier molecular flexibility index (Phi) is 4.10. The van der Waals surface area contributed by atoms with Crippen LogP contribution in [0.3, 0.4) is 0 Å². The number of hydrogen-bond acceptors (Lipinski definition) is 5. The van der Waals surface area contributed by atoms with Gasteiger partial charge in [-0.15, -0.1) is 11.3 Å². The van der Waals surface area contributed by atoms with Crippen molar-refractivity contribution < 1.29 is 14.7 Å². The normalized spacial score (nSPS) is 19.1. The number of benzene rings is 2. The number of thiazole rings is 1. The van der Waals surface area contributed by atoms with E-state index in [4.69, 9.17) is 0 Å². The molecule has 6 heteroatoms. The molecule has 0 bridgehead atoms. The number of amides is 1. The lowest BCUT2D eigenvalue weighted by Crippen LogP contribution is -2.29. The SMILES string of the molecule is O=C1C(=O)N(c2nccs2)[C@@H](c2ccccc2)C1=C(O)c1ccccc1. The molecule has 0 saturated carbocycles. The molecule has 5 nitrogen and oxygen atoms in total. The number of hydrogen-bond donors (Lipinski definition) is 1. The van der Waals surface area contributed by atoms with Gasteiger partial charge < -0.3 is 5.11 Å². The molecule has 0 radical (unpaired) electrons. The smallest absolute Gasteiger partial charge is 0.301 e. The third-order valence-corrected chi connectivity index (χ3v) is 5.00. The number of aliphatic hydroxyl groups is 1. The highest BCUT2D eigenvalue weighted by atomic mass is 32.1. The van der Waals surface area contributed by atoms with E-state index in [-0.39, 0.29) is 11.3 Å². The Morgan fingerprint density at radius 1 is 1.00 bits per heavy atom. The molecule has 1 aliphatic rings. The Hall–Kier alpha value is -3.25. The van der Waals surface area contributed by atoms with Gasteiger partial charge in [-0.1, -0.05) is 60.7 Å². The maximum absolute atomic E-state index is 12.8. The first kappa shape index (κ1) is 16.2. The van der Waals surface area contributed by atoms with E-state index in [9.17, 15) is 14.7 Å². The molecule has 1 fully saturated rings. The van der Waals surface area contributed by atoms with Crippen LogP contribution >= 0.6 is 11.3 Å². The second-order valence-corrected chi connectivity index (χ2v) is 6.63. The predicted octanol–water partition coefficient (Wildman–Crippen LogP) is 3.77. The minimum atomic E-state index is -0.720. The zero-order chi connectivity index (χ0) is 18.1. The molecular weight excluding hydrogens is 348 g/mol. The van der Waals surface area contributed by atoms with Crippen molar-refractivity contribution in [3.63, 3.8) is 0 Å². The number of carbonyl (C=O) groups excluding carboxylic acids is 2. The van der Waals surface area contributed by atoms with E-state index in [1.54, 1.807) is 35.8 Å². The van der Waals surface area contributed by atoms with Crippen LogP contribution in [0.25, 0.3) is 5.76 Å². The molecule has 1 amide bonds. The highest BCUT2D eigenvalue weighted by Gasteiger charge is 2.47. The summed E-state index contributed by atoms with van der Waals surface area (Å²) in [5, 5.41) is 13.0. The third kappa shape index (κ3) is 2.60. The van der Waals surface area contributed by atoms with Crippen LogP contribution in [0, 0.1) is 0 Å². The summed E-state index contributed by atoms with van der Waals surface area (Å²) in [5.41, 5.74) is 1.30. The Balaban J connectivity index is 1.95. The minimum Gasteiger partial charge on any atom is -0.507 e. The lowest BCUT2D eigenvalue weighted by atomic mass is 9.95. The molecule has 128 valence electrons. The summed E-state index contributed by atoms with van der Waals surface area (Å²) in [6.07, 6.45) is 1.58. The summed E-state index contributed by atoms with van der Waals surface area (Å²) in [6.45, 7) is 0. The van der Waals surface area contributed by atoms with Crippen LogP contribution < -0.4 is 4.90 Å². The number of aliphatic hydroxyl groups excluding tert-OH is 1. The minimum absolute atomic E-state index is 0.0719. The second-order valence-electron chi connectivity index (χ2n) is 5.76. The van der Waals surface area contributed by atoms with Crippen molar-refractivity contribution in [3.8, 4) is 0 Å². The number of aromatic nitrogens is 1. The molecular formula is C20H14N2O3S. The lowest BCUT2D eigenvalue weighted by molar-refractivity contribution is -0.132. The quantitative estimate of drug-likeness (QED) is 0.437. The fourth-order valence-electron chi connectivity index (χ4n) is 3.07. The average Bonchev–Trinajstić information content (AvgIpc) is 3.30. The van der Waals surface area contributed by atoms with Gasteiger partial charge in [0.2, 0.25) is 0 Å². The number of rotatable bonds is 3. The van der Waals surface area contributed by atoms with E-state index in [0.717, 1.165) is 5.56 Å². The van der Waals surface area contributed by atoms with Crippen LogP contribution in [0.4, 0.5) is 5.13 Å². The molecule has 4 rings (SSSR count). The highest BCUT2D eigenvalue weighted by Crippen LogP contribution is 2.42. The van der Waals surface area contributed by atoms with E-state index in [0.29, 0.717) is 10.7 Å².